The summed E-state index contributed by atoms with van der Waals surface area (Å²) in [6.45, 7) is 2.11. The first-order chi connectivity index (χ1) is 13.7. The Morgan fingerprint density at radius 1 is 0.929 bits per heavy atom. The van der Waals surface area contributed by atoms with E-state index in [0.717, 1.165) is 39.1 Å². The number of pyridine rings is 1. The highest BCUT2D eigenvalue weighted by atomic mass is 16.7. The molecule has 0 atom stereocenters. The lowest BCUT2D eigenvalue weighted by Gasteiger charge is -2.12. The van der Waals surface area contributed by atoms with Gasteiger partial charge >= 0.3 is 5.97 Å². The lowest BCUT2D eigenvalue weighted by Crippen LogP contribution is -2.04. The van der Waals surface area contributed by atoms with Gasteiger partial charge in [-0.1, -0.05) is 0 Å². The molecule has 142 valence electrons. The minimum atomic E-state index is -0.304. The highest BCUT2D eigenvalue weighted by Gasteiger charge is 2.20. The first kappa shape index (κ1) is 16.7. The number of nitrogens with zero attached hydrogens (tertiary/aromatic N) is 1. The minimum absolute atomic E-state index is 0.191. The van der Waals surface area contributed by atoms with Crippen molar-refractivity contribution < 1.29 is 28.5 Å². The highest BCUT2D eigenvalue weighted by Crippen LogP contribution is 2.40. The number of benzene rings is 2. The predicted molar refractivity (Wildman–Crippen MR) is 99.8 cm³/mol. The molecule has 5 rings (SSSR count). The Morgan fingerprint density at radius 2 is 1.57 bits per heavy atom. The maximum Gasteiger partial charge on any atom is 0.302 e. The zero-order valence-electron chi connectivity index (χ0n) is 15.2. The molecule has 3 aromatic rings. The lowest BCUT2D eigenvalue weighted by atomic mass is 9.99. The third-order valence-electron chi connectivity index (χ3n) is 4.76. The number of carbonyl (C=O) groups is 1. The number of hydrogen-bond donors (Lipinski definition) is 0. The molecule has 0 fully saturated rings. The minimum Gasteiger partial charge on any atom is -0.466 e. The maximum atomic E-state index is 11.1. The number of esters is 1. The molecule has 0 amide bonds. The largest absolute Gasteiger partial charge is 0.466 e. The van der Waals surface area contributed by atoms with E-state index in [1.807, 2.05) is 36.5 Å². The van der Waals surface area contributed by atoms with Gasteiger partial charge in [0, 0.05) is 30.5 Å². The summed E-state index contributed by atoms with van der Waals surface area (Å²) in [4.78, 5) is 15.7. The molecule has 0 spiro atoms. The van der Waals surface area contributed by atoms with Crippen molar-refractivity contribution in [3.63, 3.8) is 0 Å². The Labute approximate surface area is 160 Å². The quantitative estimate of drug-likeness (QED) is 0.643. The zero-order chi connectivity index (χ0) is 19.1. The molecule has 0 bridgehead atoms. The van der Waals surface area contributed by atoms with Gasteiger partial charge in [-0.25, -0.2) is 0 Å². The van der Waals surface area contributed by atoms with E-state index in [9.17, 15) is 4.79 Å². The molecular weight excluding hydrogens is 362 g/mol. The second-order valence-electron chi connectivity index (χ2n) is 6.57. The Balaban J connectivity index is 1.57. The van der Waals surface area contributed by atoms with Gasteiger partial charge < -0.3 is 23.7 Å². The van der Waals surface area contributed by atoms with E-state index in [-0.39, 0.29) is 26.2 Å². The smallest absolute Gasteiger partial charge is 0.302 e. The highest BCUT2D eigenvalue weighted by molar-refractivity contribution is 5.89. The van der Waals surface area contributed by atoms with Crippen LogP contribution in [0.2, 0.25) is 0 Å². The molecule has 2 aromatic carbocycles. The molecule has 0 N–H and O–H groups in total. The molecule has 1 aromatic heterocycles. The zero-order valence-corrected chi connectivity index (χ0v) is 15.2. The predicted octanol–water partition coefficient (Wildman–Crippen LogP) is 3.46. The van der Waals surface area contributed by atoms with Gasteiger partial charge in [-0.05, 0) is 41.3 Å². The van der Waals surface area contributed by atoms with E-state index >= 15 is 0 Å². The number of hydrogen-bond acceptors (Lipinski definition) is 7. The lowest BCUT2D eigenvalue weighted by molar-refractivity contribution is -0.140. The number of rotatable bonds is 4. The van der Waals surface area contributed by atoms with Crippen LogP contribution in [0.5, 0.6) is 23.0 Å². The molecule has 7 nitrogen and oxygen atoms in total. The van der Waals surface area contributed by atoms with Gasteiger partial charge in [-0.15, -0.1) is 0 Å². The summed E-state index contributed by atoms with van der Waals surface area (Å²) >= 11 is 0. The molecule has 0 saturated heterocycles. The van der Waals surface area contributed by atoms with E-state index in [4.69, 9.17) is 23.7 Å². The molecule has 2 aliphatic heterocycles. The van der Waals surface area contributed by atoms with Crippen LogP contribution in [-0.2, 0) is 16.0 Å². The van der Waals surface area contributed by atoms with Crippen molar-refractivity contribution in [1.82, 2.24) is 4.98 Å². The van der Waals surface area contributed by atoms with Gasteiger partial charge in [0.2, 0.25) is 13.6 Å². The standard InChI is InChI=1S/C21H17NO6/c1-12(23)24-3-2-13-5-18-21(28-11-25-18)8-16(13)17-4-14-6-19-20(27-10-26-19)7-15(14)9-22-17/h4-9H,2-3,10-11H2,1H3. The number of carbonyl (C=O) groups excluding carboxylic acids is 1. The van der Waals surface area contributed by atoms with Gasteiger partial charge in [0.15, 0.2) is 23.0 Å². The summed E-state index contributed by atoms with van der Waals surface area (Å²) in [5.41, 5.74) is 2.68. The topological polar surface area (TPSA) is 76.1 Å². The van der Waals surface area contributed by atoms with Gasteiger partial charge in [0.25, 0.3) is 0 Å². The van der Waals surface area contributed by atoms with Crippen LogP contribution < -0.4 is 18.9 Å². The van der Waals surface area contributed by atoms with Gasteiger partial charge in [-0.3, -0.25) is 9.78 Å². The third kappa shape index (κ3) is 2.94. The van der Waals surface area contributed by atoms with Crippen molar-refractivity contribution in [3.05, 3.63) is 42.1 Å². The Morgan fingerprint density at radius 3 is 2.29 bits per heavy atom. The van der Waals surface area contributed by atoms with Crippen molar-refractivity contribution in [3.8, 4) is 34.3 Å². The van der Waals surface area contributed by atoms with Crippen LogP contribution in [0.1, 0.15) is 12.5 Å². The fourth-order valence-corrected chi connectivity index (χ4v) is 3.42. The van der Waals surface area contributed by atoms with Crippen LogP contribution in [0.3, 0.4) is 0 Å². The summed E-state index contributed by atoms with van der Waals surface area (Å²) in [6.07, 6.45) is 2.36. The molecule has 28 heavy (non-hydrogen) atoms. The molecule has 0 radical (unpaired) electrons. The average Bonchev–Trinajstić information content (AvgIpc) is 3.33. The van der Waals surface area contributed by atoms with Crippen LogP contribution in [0.15, 0.2) is 36.5 Å². The molecule has 0 unspecified atom stereocenters. The van der Waals surface area contributed by atoms with Crippen molar-refractivity contribution in [1.29, 1.82) is 0 Å². The monoisotopic (exact) mass is 379 g/mol. The SMILES string of the molecule is CC(=O)OCCc1cc2c(cc1-c1cc3cc4c(cc3cn1)OCO4)OCO2. The van der Waals surface area contributed by atoms with E-state index in [1.165, 1.54) is 6.92 Å². The van der Waals surface area contributed by atoms with Crippen molar-refractivity contribution in [2.45, 2.75) is 13.3 Å². The fraction of sp³-hybridized carbons (Fsp3) is 0.238. The van der Waals surface area contributed by atoms with Crippen LogP contribution in [0.4, 0.5) is 0 Å². The molecular formula is C21H17NO6. The number of fused-ring (bicyclic) bond motifs is 3. The first-order valence-corrected chi connectivity index (χ1v) is 8.93. The van der Waals surface area contributed by atoms with Gasteiger partial charge in [-0.2, -0.15) is 0 Å². The Hall–Kier alpha value is -3.48. The summed E-state index contributed by atoms with van der Waals surface area (Å²) in [5, 5.41) is 1.97. The number of aromatic nitrogens is 1. The maximum absolute atomic E-state index is 11.1. The summed E-state index contributed by atoms with van der Waals surface area (Å²) in [5.74, 6) is 2.52. The Kier molecular flexibility index (Phi) is 3.93. The molecule has 0 aliphatic carbocycles. The van der Waals surface area contributed by atoms with Crippen LogP contribution in [0.25, 0.3) is 22.0 Å². The van der Waals surface area contributed by atoms with E-state index in [2.05, 4.69) is 4.98 Å². The van der Waals surface area contributed by atoms with Gasteiger partial charge in [0.1, 0.15) is 0 Å². The van der Waals surface area contributed by atoms with E-state index in [0.29, 0.717) is 17.9 Å². The molecule has 2 aliphatic rings. The Bertz CT molecular complexity index is 1090. The van der Waals surface area contributed by atoms with E-state index in [1.54, 1.807) is 0 Å². The van der Waals surface area contributed by atoms with E-state index < -0.39 is 0 Å². The second kappa shape index (κ2) is 6.60. The van der Waals surface area contributed by atoms with Crippen molar-refractivity contribution >= 4 is 16.7 Å². The summed E-state index contributed by atoms with van der Waals surface area (Å²) < 4.78 is 27.1. The number of ether oxygens (including phenoxy) is 5. The van der Waals surface area contributed by atoms with Gasteiger partial charge in [0.05, 0.1) is 12.3 Å². The molecule has 3 heterocycles. The molecule has 7 heteroatoms. The third-order valence-corrected chi connectivity index (χ3v) is 4.76. The summed E-state index contributed by atoms with van der Waals surface area (Å²) in [6, 6.07) is 9.73. The van der Waals surface area contributed by atoms with Crippen LogP contribution in [0, 0.1) is 0 Å². The van der Waals surface area contributed by atoms with Crippen LogP contribution >= 0.6 is 0 Å². The second-order valence-corrected chi connectivity index (χ2v) is 6.57. The van der Waals surface area contributed by atoms with Crippen LogP contribution in [-0.4, -0.2) is 31.1 Å². The van der Waals surface area contributed by atoms with Crippen molar-refractivity contribution in [2.75, 3.05) is 20.2 Å². The van der Waals surface area contributed by atoms with Crippen molar-refractivity contribution in [2.24, 2.45) is 0 Å². The normalized spacial score (nSPS) is 13.8. The first-order valence-electron chi connectivity index (χ1n) is 8.93. The average molecular weight is 379 g/mol. The fourth-order valence-electron chi connectivity index (χ4n) is 3.42. The molecule has 0 saturated carbocycles. The summed E-state index contributed by atoms with van der Waals surface area (Å²) in [7, 11) is 0.